The minimum Gasteiger partial charge on any atom is -0.492 e. The van der Waals surface area contributed by atoms with E-state index in [4.69, 9.17) is 9.84 Å². The van der Waals surface area contributed by atoms with Crippen LogP contribution >= 0.6 is 0 Å². The summed E-state index contributed by atoms with van der Waals surface area (Å²) < 4.78 is 5.51. The number of carboxylic acids is 1. The molecule has 0 unspecified atom stereocenters. The summed E-state index contributed by atoms with van der Waals surface area (Å²) in [6.07, 6.45) is 0. The van der Waals surface area contributed by atoms with Crippen LogP contribution in [0.15, 0.2) is 54.6 Å². The molecule has 0 aromatic heterocycles. The zero-order valence-electron chi connectivity index (χ0n) is 10.4. The van der Waals surface area contributed by atoms with E-state index in [9.17, 15) is 4.79 Å². The fraction of sp³-hybridized carbons (Fsp3) is 0.133. The molecule has 0 amide bonds. The Morgan fingerprint density at radius 2 is 1.74 bits per heavy atom. The fourth-order valence-corrected chi connectivity index (χ4v) is 1.61. The lowest BCUT2D eigenvalue weighted by atomic mass is 10.2. The van der Waals surface area contributed by atoms with Crippen LogP contribution in [0.4, 0.5) is 5.69 Å². The van der Waals surface area contributed by atoms with Gasteiger partial charge in [-0.15, -0.1) is 0 Å². The van der Waals surface area contributed by atoms with Crippen LogP contribution in [0.2, 0.25) is 0 Å². The van der Waals surface area contributed by atoms with Gasteiger partial charge in [0.1, 0.15) is 12.4 Å². The van der Waals surface area contributed by atoms with Crippen molar-refractivity contribution in [1.82, 2.24) is 0 Å². The number of hydrogen-bond acceptors (Lipinski definition) is 3. The minimum absolute atomic E-state index is 0.259. The first-order valence-corrected chi connectivity index (χ1v) is 6.01. The smallest absolute Gasteiger partial charge is 0.335 e. The van der Waals surface area contributed by atoms with Crippen molar-refractivity contribution in [3.8, 4) is 5.75 Å². The van der Waals surface area contributed by atoms with Gasteiger partial charge in [0, 0.05) is 12.2 Å². The number of para-hydroxylation sites is 1. The van der Waals surface area contributed by atoms with Gasteiger partial charge in [-0.1, -0.05) is 18.2 Å². The Hall–Kier alpha value is -2.49. The highest BCUT2D eigenvalue weighted by atomic mass is 16.5. The molecule has 4 heteroatoms. The number of aromatic carboxylic acids is 1. The number of anilines is 1. The van der Waals surface area contributed by atoms with Crippen molar-refractivity contribution < 1.29 is 14.6 Å². The van der Waals surface area contributed by atoms with Gasteiger partial charge in [0.25, 0.3) is 0 Å². The van der Waals surface area contributed by atoms with Crippen LogP contribution in [-0.4, -0.2) is 24.2 Å². The summed E-state index contributed by atoms with van der Waals surface area (Å²) in [5.74, 6) is -0.267. The molecule has 2 aromatic rings. The normalized spacial score (nSPS) is 9.89. The van der Waals surface area contributed by atoms with Crippen LogP contribution in [0.1, 0.15) is 10.4 Å². The van der Waals surface area contributed by atoms with Crippen molar-refractivity contribution in [3.05, 3.63) is 60.2 Å². The molecule has 0 aliphatic carbocycles. The Morgan fingerprint density at radius 1 is 1.05 bits per heavy atom. The van der Waals surface area contributed by atoms with Crippen molar-refractivity contribution in [2.75, 3.05) is 18.5 Å². The molecule has 4 nitrogen and oxygen atoms in total. The van der Waals surface area contributed by atoms with Gasteiger partial charge in [-0.25, -0.2) is 4.79 Å². The molecule has 2 aromatic carbocycles. The SMILES string of the molecule is O=C(O)c1ccc(OCCNc2ccccc2)cc1. The van der Waals surface area contributed by atoms with E-state index >= 15 is 0 Å². The van der Waals surface area contributed by atoms with Gasteiger partial charge in [0.2, 0.25) is 0 Å². The van der Waals surface area contributed by atoms with Gasteiger partial charge in [-0.3, -0.25) is 0 Å². The second-order valence-corrected chi connectivity index (χ2v) is 3.97. The van der Waals surface area contributed by atoms with Gasteiger partial charge in [0.15, 0.2) is 0 Å². The van der Waals surface area contributed by atoms with Crippen LogP contribution in [0.5, 0.6) is 5.75 Å². The summed E-state index contributed by atoms with van der Waals surface area (Å²) in [5, 5.41) is 12.0. The van der Waals surface area contributed by atoms with Gasteiger partial charge >= 0.3 is 5.97 Å². The van der Waals surface area contributed by atoms with E-state index in [2.05, 4.69) is 5.32 Å². The molecular weight excluding hydrogens is 242 g/mol. The van der Waals surface area contributed by atoms with E-state index < -0.39 is 5.97 Å². The zero-order valence-corrected chi connectivity index (χ0v) is 10.4. The molecule has 0 saturated heterocycles. The number of rotatable bonds is 6. The quantitative estimate of drug-likeness (QED) is 0.781. The number of ether oxygens (including phenoxy) is 1. The Kier molecular flexibility index (Phi) is 4.39. The number of benzene rings is 2. The molecule has 0 radical (unpaired) electrons. The van der Waals surface area contributed by atoms with Crippen molar-refractivity contribution in [2.24, 2.45) is 0 Å². The van der Waals surface area contributed by atoms with Crippen molar-refractivity contribution in [3.63, 3.8) is 0 Å². The number of nitrogens with one attached hydrogen (secondary N) is 1. The van der Waals surface area contributed by atoms with Gasteiger partial charge < -0.3 is 15.2 Å². The average molecular weight is 257 g/mol. The maximum Gasteiger partial charge on any atom is 0.335 e. The molecule has 0 aliphatic rings. The van der Waals surface area contributed by atoms with Crippen LogP contribution in [0.3, 0.4) is 0 Å². The molecule has 2 rings (SSSR count). The maximum atomic E-state index is 10.7. The molecule has 0 bridgehead atoms. The molecule has 0 aliphatic heterocycles. The van der Waals surface area contributed by atoms with Crippen molar-refractivity contribution in [2.45, 2.75) is 0 Å². The Bertz CT molecular complexity index is 523. The molecule has 19 heavy (non-hydrogen) atoms. The minimum atomic E-state index is -0.933. The van der Waals surface area contributed by atoms with E-state index in [0.717, 1.165) is 5.69 Å². The Balaban J connectivity index is 1.75. The summed E-state index contributed by atoms with van der Waals surface area (Å²) in [7, 11) is 0. The predicted molar refractivity (Wildman–Crippen MR) is 73.8 cm³/mol. The first kappa shape index (κ1) is 13.0. The molecule has 2 N–H and O–H groups in total. The second-order valence-electron chi connectivity index (χ2n) is 3.97. The van der Waals surface area contributed by atoms with Gasteiger partial charge in [-0.05, 0) is 36.4 Å². The van der Waals surface area contributed by atoms with Gasteiger partial charge in [0.05, 0.1) is 5.56 Å². The molecule has 0 fully saturated rings. The highest BCUT2D eigenvalue weighted by Crippen LogP contribution is 2.12. The molecular formula is C15H15NO3. The summed E-state index contributed by atoms with van der Waals surface area (Å²) in [6, 6.07) is 16.2. The van der Waals surface area contributed by atoms with Crippen LogP contribution in [0.25, 0.3) is 0 Å². The highest BCUT2D eigenvalue weighted by molar-refractivity contribution is 5.87. The third-order valence-electron chi connectivity index (χ3n) is 2.57. The topological polar surface area (TPSA) is 58.6 Å². The zero-order chi connectivity index (χ0) is 13.5. The molecule has 98 valence electrons. The van der Waals surface area contributed by atoms with E-state index in [0.29, 0.717) is 18.9 Å². The first-order valence-electron chi connectivity index (χ1n) is 6.01. The van der Waals surface area contributed by atoms with E-state index in [1.807, 2.05) is 30.3 Å². The molecule has 0 atom stereocenters. The third-order valence-corrected chi connectivity index (χ3v) is 2.57. The third kappa shape index (κ3) is 4.03. The Labute approximate surface area is 111 Å². The lowest BCUT2D eigenvalue weighted by Crippen LogP contribution is -2.11. The number of hydrogen-bond donors (Lipinski definition) is 2. The predicted octanol–water partition coefficient (Wildman–Crippen LogP) is 2.88. The van der Waals surface area contributed by atoms with E-state index in [1.54, 1.807) is 12.1 Å². The average Bonchev–Trinajstić information content (AvgIpc) is 2.45. The van der Waals surface area contributed by atoms with E-state index in [-0.39, 0.29) is 5.56 Å². The monoisotopic (exact) mass is 257 g/mol. The first-order chi connectivity index (χ1) is 9.25. The highest BCUT2D eigenvalue weighted by Gasteiger charge is 2.01. The summed E-state index contributed by atoms with van der Waals surface area (Å²) in [4.78, 5) is 10.7. The summed E-state index contributed by atoms with van der Waals surface area (Å²) >= 11 is 0. The van der Waals surface area contributed by atoms with Crippen LogP contribution in [0, 0.1) is 0 Å². The fourth-order valence-electron chi connectivity index (χ4n) is 1.61. The molecule has 0 heterocycles. The Morgan fingerprint density at radius 3 is 2.37 bits per heavy atom. The lowest BCUT2D eigenvalue weighted by Gasteiger charge is -2.08. The van der Waals surface area contributed by atoms with E-state index in [1.165, 1.54) is 12.1 Å². The van der Waals surface area contributed by atoms with Crippen molar-refractivity contribution >= 4 is 11.7 Å². The molecule has 0 spiro atoms. The lowest BCUT2D eigenvalue weighted by molar-refractivity contribution is 0.0697. The van der Waals surface area contributed by atoms with Gasteiger partial charge in [-0.2, -0.15) is 0 Å². The maximum absolute atomic E-state index is 10.7. The second kappa shape index (κ2) is 6.44. The molecule has 0 saturated carbocycles. The van der Waals surface area contributed by atoms with Crippen LogP contribution in [-0.2, 0) is 0 Å². The summed E-state index contributed by atoms with van der Waals surface area (Å²) in [6.45, 7) is 1.20. The summed E-state index contributed by atoms with van der Waals surface area (Å²) in [5.41, 5.74) is 1.31. The number of carboxylic acid groups (broad SMARTS) is 1. The van der Waals surface area contributed by atoms with Crippen molar-refractivity contribution in [1.29, 1.82) is 0 Å². The number of carbonyl (C=O) groups is 1. The van der Waals surface area contributed by atoms with Crippen LogP contribution < -0.4 is 10.1 Å². The standard InChI is InChI=1S/C15H15NO3/c17-15(18)12-6-8-14(9-7-12)19-11-10-16-13-4-2-1-3-5-13/h1-9,16H,10-11H2,(H,17,18). The largest absolute Gasteiger partial charge is 0.492 e.